The Morgan fingerprint density at radius 3 is 1.22 bits per heavy atom. The van der Waals surface area contributed by atoms with Crippen molar-refractivity contribution in [1.29, 1.82) is 0 Å². The molecule has 2 heteroatoms. The molecule has 92 valence electrons. The highest BCUT2D eigenvalue weighted by molar-refractivity contribution is 5.37. The molecule has 0 amide bonds. The molecule has 0 saturated heterocycles. The minimum atomic E-state index is 0.116. The van der Waals surface area contributed by atoms with E-state index in [1.807, 2.05) is 36.4 Å². The Kier molecular flexibility index (Phi) is 2.90. The second-order valence-electron chi connectivity index (χ2n) is 5.03. The van der Waals surface area contributed by atoms with Crippen molar-refractivity contribution in [2.75, 3.05) is 0 Å². The van der Waals surface area contributed by atoms with E-state index in [9.17, 15) is 0 Å². The third-order valence-corrected chi connectivity index (χ3v) is 4.03. The van der Waals surface area contributed by atoms with Gasteiger partial charge in [0.05, 0.1) is 0 Å². The molecule has 0 spiro atoms. The van der Waals surface area contributed by atoms with Crippen LogP contribution in [0.5, 0.6) is 0 Å². The Morgan fingerprint density at radius 2 is 0.889 bits per heavy atom. The third kappa shape index (κ3) is 1.74. The number of rotatable bonds is 2. The Bertz CT molecular complexity index is 452. The van der Waals surface area contributed by atoms with Gasteiger partial charge in [0.1, 0.15) is 0 Å². The van der Waals surface area contributed by atoms with E-state index in [-0.39, 0.29) is 23.9 Å². The first kappa shape index (κ1) is 11.5. The molecule has 0 bridgehead atoms. The summed E-state index contributed by atoms with van der Waals surface area (Å²) in [6.07, 6.45) is 0. The third-order valence-electron chi connectivity index (χ3n) is 4.03. The van der Waals surface area contributed by atoms with Crippen LogP contribution in [0.4, 0.5) is 0 Å². The van der Waals surface area contributed by atoms with Crippen LogP contribution in [-0.2, 0) is 0 Å². The van der Waals surface area contributed by atoms with Crippen molar-refractivity contribution in [3.05, 3.63) is 71.8 Å². The van der Waals surface area contributed by atoms with Gasteiger partial charge in [0, 0.05) is 23.9 Å². The molecule has 18 heavy (non-hydrogen) atoms. The zero-order valence-corrected chi connectivity index (χ0v) is 10.2. The highest BCUT2D eigenvalue weighted by atomic mass is 14.9. The predicted molar refractivity (Wildman–Crippen MR) is 74.3 cm³/mol. The Balaban J connectivity index is 1.84. The van der Waals surface area contributed by atoms with Crippen LogP contribution in [0.1, 0.15) is 23.0 Å². The predicted octanol–water partition coefficient (Wildman–Crippen LogP) is 2.22. The summed E-state index contributed by atoms with van der Waals surface area (Å²) in [5, 5.41) is 0. The van der Waals surface area contributed by atoms with Gasteiger partial charge in [0.15, 0.2) is 0 Å². The zero-order valence-electron chi connectivity index (χ0n) is 10.2. The number of hydrogen-bond acceptors (Lipinski definition) is 2. The summed E-state index contributed by atoms with van der Waals surface area (Å²) in [6.45, 7) is 0. The first-order valence-electron chi connectivity index (χ1n) is 6.40. The molecule has 0 radical (unpaired) electrons. The van der Waals surface area contributed by atoms with Gasteiger partial charge in [0.25, 0.3) is 0 Å². The lowest BCUT2D eigenvalue weighted by molar-refractivity contribution is 0.234. The summed E-state index contributed by atoms with van der Waals surface area (Å²) in [5.74, 6) is 0.549. The molecule has 3 rings (SSSR count). The van der Waals surface area contributed by atoms with E-state index in [1.165, 1.54) is 11.1 Å². The lowest BCUT2D eigenvalue weighted by atomic mass is 9.61. The molecule has 2 aromatic rings. The summed E-state index contributed by atoms with van der Waals surface area (Å²) in [4.78, 5) is 0. The smallest absolute Gasteiger partial charge is 0.0208 e. The van der Waals surface area contributed by atoms with Crippen LogP contribution in [0, 0.1) is 0 Å². The number of nitrogens with two attached hydrogens (primary N) is 2. The largest absolute Gasteiger partial charge is 0.326 e. The van der Waals surface area contributed by atoms with Gasteiger partial charge in [-0.25, -0.2) is 0 Å². The van der Waals surface area contributed by atoms with E-state index in [4.69, 9.17) is 11.5 Å². The van der Waals surface area contributed by atoms with Gasteiger partial charge in [-0.3, -0.25) is 0 Å². The van der Waals surface area contributed by atoms with E-state index in [0.29, 0.717) is 0 Å². The molecule has 4 N–H and O–H groups in total. The SMILES string of the molecule is NC1C(c2ccccc2)C(N)C1c1ccccc1. The van der Waals surface area contributed by atoms with Gasteiger partial charge in [-0.1, -0.05) is 60.7 Å². The molecule has 0 aliphatic heterocycles. The van der Waals surface area contributed by atoms with E-state index in [1.54, 1.807) is 0 Å². The van der Waals surface area contributed by atoms with E-state index in [2.05, 4.69) is 24.3 Å². The van der Waals surface area contributed by atoms with Gasteiger partial charge in [0.2, 0.25) is 0 Å². The second kappa shape index (κ2) is 4.56. The van der Waals surface area contributed by atoms with Crippen LogP contribution in [-0.4, -0.2) is 12.1 Å². The highest BCUT2D eigenvalue weighted by Crippen LogP contribution is 2.45. The van der Waals surface area contributed by atoms with Crippen molar-refractivity contribution in [2.45, 2.75) is 23.9 Å². The Morgan fingerprint density at radius 1 is 0.556 bits per heavy atom. The zero-order chi connectivity index (χ0) is 12.5. The van der Waals surface area contributed by atoms with Crippen LogP contribution in [0.15, 0.2) is 60.7 Å². The molecule has 1 aliphatic rings. The summed E-state index contributed by atoms with van der Waals surface area (Å²) in [6, 6.07) is 20.9. The van der Waals surface area contributed by atoms with Crippen LogP contribution in [0.2, 0.25) is 0 Å². The molecule has 0 atom stereocenters. The molecular formula is C16H18N2. The van der Waals surface area contributed by atoms with Crippen molar-refractivity contribution in [3.8, 4) is 0 Å². The number of benzene rings is 2. The van der Waals surface area contributed by atoms with Crippen LogP contribution >= 0.6 is 0 Å². The molecule has 0 aromatic heterocycles. The van der Waals surface area contributed by atoms with Gasteiger partial charge < -0.3 is 11.5 Å². The van der Waals surface area contributed by atoms with E-state index >= 15 is 0 Å². The molecular weight excluding hydrogens is 220 g/mol. The van der Waals surface area contributed by atoms with Crippen molar-refractivity contribution < 1.29 is 0 Å². The molecule has 0 unspecified atom stereocenters. The molecule has 1 aliphatic carbocycles. The van der Waals surface area contributed by atoms with E-state index in [0.717, 1.165) is 0 Å². The summed E-state index contributed by atoms with van der Waals surface area (Å²) < 4.78 is 0. The fraction of sp³-hybridized carbons (Fsp3) is 0.250. The lowest BCUT2D eigenvalue weighted by Crippen LogP contribution is -2.60. The van der Waals surface area contributed by atoms with E-state index < -0.39 is 0 Å². The van der Waals surface area contributed by atoms with Crippen LogP contribution < -0.4 is 11.5 Å². The van der Waals surface area contributed by atoms with Gasteiger partial charge in [-0.15, -0.1) is 0 Å². The summed E-state index contributed by atoms with van der Waals surface area (Å²) in [5.41, 5.74) is 15.2. The maximum atomic E-state index is 6.34. The first-order valence-corrected chi connectivity index (χ1v) is 6.40. The van der Waals surface area contributed by atoms with Crippen molar-refractivity contribution in [2.24, 2.45) is 11.5 Å². The quantitative estimate of drug-likeness (QED) is 0.843. The van der Waals surface area contributed by atoms with Crippen molar-refractivity contribution in [1.82, 2.24) is 0 Å². The molecule has 0 heterocycles. The van der Waals surface area contributed by atoms with Crippen molar-refractivity contribution >= 4 is 0 Å². The summed E-state index contributed by atoms with van der Waals surface area (Å²) in [7, 11) is 0. The molecule has 2 aromatic carbocycles. The Hall–Kier alpha value is -1.64. The second-order valence-corrected chi connectivity index (χ2v) is 5.03. The number of hydrogen-bond donors (Lipinski definition) is 2. The normalized spacial score (nSPS) is 30.8. The van der Waals surface area contributed by atoms with Crippen LogP contribution in [0.25, 0.3) is 0 Å². The van der Waals surface area contributed by atoms with Crippen molar-refractivity contribution in [3.63, 3.8) is 0 Å². The molecule has 1 fully saturated rings. The fourth-order valence-corrected chi connectivity index (χ4v) is 3.05. The maximum Gasteiger partial charge on any atom is 0.0208 e. The minimum Gasteiger partial charge on any atom is -0.326 e. The average molecular weight is 238 g/mol. The topological polar surface area (TPSA) is 52.0 Å². The summed E-state index contributed by atoms with van der Waals surface area (Å²) >= 11 is 0. The maximum absolute atomic E-state index is 6.34. The minimum absolute atomic E-state index is 0.116. The van der Waals surface area contributed by atoms with Gasteiger partial charge in [-0.05, 0) is 11.1 Å². The van der Waals surface area contributed by atoms with Crippen LogP contribution in [0.3, 0.4) is 0 Å². The van der Waals surface area contributed by atoms with Gasteiger partial charge >= 0.3 is 0 Å². The molecule has 2 nitrogen and oxygen atoms in total. The average Bonchev–Trinajstić information content (AvgIpc) is 2.41. The monoisotopic (exact) mass is 238 g/mol. The fourth-order valence-electron chi connectivity index (χ4n) is 3.05. The molecule has 1 saturated carbocycles. The standard InChI is InChI=1S/C16H18N2/c17-15-13(11-7-3-1-4-8-11)16(18)14(15)12-9-5-2-6-10-12/h1-10,13-16H,17-18H2. The first-order chi connectivity index (χ1) is 8.79. The Labute approximate surface area is 108 Å². The lowest BCUT2D eigenvalue weighted by Gasteiger charge is -2.49. The highest BCUT2D eigenvalue weighted by Gasteiger charge is 2.47. The van der Waals surface area contributed by atoms with Gasteiger partial charge in [-0.2, -0.15) is 0 Å².